The van der Waals surface area contributed by atoms with Crippen molar-refractivity contribution in [1.29, 1.82) is 0 Å². The molecule has 4 heteroatoms. The second-order valence-electron chi connectivity index (χ2n) is 4.41. The first-order valence-electron chi connectivity index (χ1n) is 6.61. The van der Waals surface area contributed by atoms with Crippen LogP contribution in [0.25, 0.3) is 0 Å². The van der Waals surface area contributed by atoms with Crippen LogP contribution < -0.4 is 5.32 Å². The SMILES string of the molecule is CCCCCCCC(=O)NCC(CC)C(=O)O. The lowest BCUT2D eigenvalue weighted by atomic mass is 10.1. The Morgan fingerprint density at radius 2 is 1.76 bits per heavy atom. The molecule has 100 valence electrons. The van der Waals surface area contributed by atoms with E-state index in [1.54, 1.807) is 0 Å². The topological polar surface area (TPSA) is 66.4 Å². The molecule has 1 amide bonds. The fourth-order valence-electron chi connectivity index (χ4n) is 1.62. The minimum atomic E-state index is -0.837. The Morgan fingerprint density at radius 1 is 1.12 bits per heavy atom. The zero-order chi connectivity index (χ0) is 13.1. The maximum absolute atomic E-state index is 11.4. The first kappa shape index (κ1) is 15.9. The largest absolute Gasteiger partial charge is 0.481 e. The van der Waals surface area contributed by atoms with Crippen LogP contribution in [0, 0.1) is 5.92 Å². The molecule has 0 saturated heterocycles. The van der Waals surface area contributed by atoms with Crippen molar-refractivity contribution in [3.8, 4) is 0 Å². The molecule has 0 aromatic heterocycles. The average molecular weight is 243 g/mol. The highest BCUT2D eigenvalue weighted by Gasteiger charge is 2.15. The zero-order valence-electron chi connectivity index (χ0n) is 11.0. The van der Waals surface area contributed by atoms with Gasteiger partial charge in [-0.2, -0.15) is 0 Å². The van der Waals surface area contributed by atoms with E-state index >= 15 is 0 Å². The van der Waals surface area contributed by atoms with Gasteiger partial charge in [0.2, 0.25) is 5.91 Å². The molecule has 1 unspecified atom stereocenters. The van der Waals surface area contributed by atoms with Gasteiger partial charge in [0.05, 0.1) is 5.92 Å². The first-order chi connectivity index (χ1) is 8.11. The van der Waals surface area contributed by atoms with Crippen molar-refractivity contribution in [3.63, 3.8) is 0 Å². The average Bonchev–Trinajstić information content (AvgIpc) is 2.29. The van der Waals surface area contributed by atoms with E-state index < -0.39 is 11.9 Å². The second-order valence-corrected chi connectivity index (χ2v) is 4.41. The third kappa shape index (κ3) is 8.72. The number of nitrogens with one attached hydrogen (secondary N) is 1. The first-order valence-corrected chi connectivity index (χ1v) is 6.61. The molecule has 0 aliphatic rings. The molecular weight excluding hydrogens is 218 g/mol. The van der Waals surface area contributed by atoms with Crippen LogP contribution in [0.2, 0.25) is 0 Å². The van der Waals surface area contributed by atoms with Gasteiger partial charge in [0.25, 0.3) is 0 Å². The van der Waals surface area contributed by atoms with Crippen LogP contribution in [-0.2, 0) is 9.59 Å². The number of unbranched alkanes of at least 4 members (excludes halogenated alkanes) is 4. The molecule has 0 bridgehead atoms. The molecule has 2 N–H and O–H groups in total. The summed E-state index contributed by atoms with van der Waals surface area (Å²) in [6.07, 6.45) is 6.64. The van der Waals surface area contributed by atoms with Crippen LogP contribution >= 0.6 is 0 Å². The lowest BCUT2D eigenvalue weighted by Gasteiger charge is -2.10. The number of carbonyl (C=O) groups excluding carboxylic acids is 1. The highest BCUT2D eigenvalue weighted by atomic mass is 16.4. The number of carboxylic acid groups (broad SMARTS) is 1. The molecule has 0 fully saturated rings. The quantitative estimate of drug-likeness (QED) is 0.579. The van der Waals surface area contributed by atoms with Gasteiger partial charge < -0.3 is 10.4 Å². The number of hydrogen-bond acceptors (Lipinski definition) is 2. The van der Waals surface area contributed by atoms with E-state index in [0.717, 1.165) is 12.8 Å². The van der Waals surface area contributed by atoms with E-state index in [4.69, 9.17) is 5.11 Å². The van der Waals surface area contributed by atoms with Gasteiger partial charge in [0.15, 0.2) is 0 Å². The highest BCUT2D eigenvalue weighted by molar-refractivity contribution is 5.77. The number of carboxylic acids is 1. The summed E-state index contributed by atoms with van der Waals surface area (Å²) >= 11 is 0. The Kier molecular flexibility index (Phi) is 9.49. The van der Waals surface area contributed by atoms with E-state index in [0.29, 0.717) is 12.8 Å². The summed E-state index contributed by atoms with van der Waals surface area (Å²) in [7, 11) is 0. The highest BCUT2D eigenvalue weighted by Crippen LogP contribution is 2.05. The van der Waals surface area contributed by atoms with Crippen molar-refractivity contribution in [2.24, 2.45) is 5.92 Å². The molecule has 0 spiro atoms. The number of hydrogen-bond donors (Lipinski definition) is 2. The van der Waals surface area contributed by atoms with Gasteiger partial charge in [-0.25, -0.2) is 0 Å². The summed E-state index contributed by atoms with van der Waals surface area (Å²) in [4.78, 5) is 22.1. The van der Waals surface area contributed by atoms with Gasteiger partial charge in [-0.15, -0.1) is 0 Å². The molecule has 0 rings (SSSR count). The van der Waals surface area contributed by atoms with Crippen molar-refractivity contribution in [2.75, 3.05) is 6.54 Å². The summed E-state index contributed by atoms with van der Waals surface area (Å²) in [6.45, 7) is 4.22. The Hall–Kier alpha value is -1.06. The van der Waals surface area contributed by atoms with Crippen LogP contribution in [0.3, 0.4) is 0 Å². The summed E-state index contributed by atoms with van der Waals surface area (Å²) in [5.41, 5.74) is 0. The van der Waals surface area contributed by atoms with E-state index in [1.165, 1.54) is 19.3 Å². The molecule has 0 aromatic rings. The monoisotopic (exact) mass is 243 g/mol. The number of aliphatic carboxylic acids is 1. The van der Waals surface area contributed by atoms with Gasteiger partial charge in [0.1, 0.15) is 0 Å². The maximum Gasteiger partial charge on any atom is 0.308 e. The Balaban J connectivity index is 3.55. The molecule has 0 radical (unpaired) electrons. The normalized spacial score (nSPS) is 12.1. The van der Waals surface area contributed by atoms with Gasteiger partial charge in [-0.1, -0.05) is 39.5 Å². The fraction of sp³-hybridized carbons (Fsp3) is 0.846. The molecule has 0 heterocycles. The number of carbonyl (C=O) groups is 2. The standard InChI is InChI=1S/C13H25NO3/c1-3-5-6-7-8-9-12(15)14-10-11(4-2)13(16)17/h11H,3-10H2,1-2H3,(H,14,15)(H,16,17). The molecule has 0 aliphatic carbocycles. The number of amides is 1. The Bertz CT molecular complexity index is 229. The lowest BCUT2D eigenvalue weighted by molar-refractivity contribution is -0.141. The van der Waals surface area contributed by atoms with E-state index in [1.807, 2.05) is 6.92 Å². The predicted octanol–water partition coefficient (Wildman–Crippen LogP) is 2.57. The minimum Gasteiger partial charge on any atom is -0.481 e. The van der Waals surface area contributed by atoms with Crippen molar-refractivity contribution < 1.29 is 14.7 Å². The van der Waals surface area contributed by atoms with Gasteiger partial charge >= 0.3 is 5.97 Å². The third-order valence-corrected chi connectivity index (χ3v) is 2.90. The third-order valence-electron chi connectivity index (χ3n) is 2.90. The van der Waals surface area contributed by atoms with Gasteiger partial charge in [0, 0.05) is 13.0 Å². The molecule has 1 atom stereocenters. The van der Waals surface area contributed by atoms with Crippen molar-refractivity contribution in [2.45, 2.75) is 58.8 Å². The van der Waals surface area contributed by atoms with Crippen molar-refractivity contribution in [3.05, 3.63) is 0 Å². The van der Waals surface area contributed by atoms with E-state index in [-0.39, 0.29) is 12.5 Å². The summed E-state index contributed by atoms with van der Waals surface area (Å²) in [5.74, 6) is -1.32. The molecule has 0 saturated carbocycles. The van der Waals surface area contributed by atoms with Crippen molar-refractivity contribution >= 4 is 11.9 Å². The zero-order valence-corrected chi connectivity index (χ0v) is 11.0. The fourth-order valence-corrected chi connectivity index (χ4v) is 1.62. The lowest BCUT2D eigenvalue weighted by Crippen LogP contribution is -2.32. The Labute approximate surface area is 104 Å². The van der Waals surface area contributed by atoms with Gasteiger partial charge in [-0.3, -0.25) is 9.59 Å². The van der Waals surface area contributed by atoms with Crippen molar-refractivity contribution in [1.82, 2.24) is 5.32 Å². The second kappa shape index (κ2) is 10.1. The summed E-state index contributed by atoms with van der Waals surface area (Å²) in [6, 6.07) is 0. The molecule has 0 aromatic carbocycles. The van der Waals surface area contributed by atoms with Crippen LogP contribution in [0.4, 0.5) is 0 Å². The molecule has 4 nitrogen and oxygen atoms in total. The smallest absolute Gasteiger partial charge is 0.308 e. The summed E-state index contributed by atoms with van der Waals surface area (Å²) < 4.78 is 0. The molecule has 0 aliphatic heterocycles. The molecular formula is C13H25NO3. The van der Waals surface area contributed by atoms with Crippen LogP contribution in [-0.4, -0.2) is 23.5 Å². The number of rotatable bonds is 10. The summed E-state index contributed by atoms with van der Waals surface area (Å²) in [5, 5.41) is 11.5. The molecule has 17 heavy (non-hydrogen) atoms. The van der Waals surface area contributed by atoms with E-state index in [9.17, 15) is 9.59 Å². The van der Waals surface area contributed by atoms with Crippen LogP contribution in [0.5, 0.6) is 0 Å². The van der Waals surface area contributed by atoms with Crippen LogP contribution in [0.1, 0.15) is 58.8 Å². The Morgan fingerprint density at radius 3 is 2.29 bits per heavy atom. The minimum absolute atomic E-state index is 0.0267. The van der Waals surface area contributed by atoms with E-state index in [2.05, 4.69) is 12.2 Å². The predicted molar refractivity (Wildman–Crippen MR) is 67.8 cm³/mol. The van der Waals surface area contributed by atoms with Gasteiger partial charge in [-0.05, 0) is 12.8 Å². The van der Waals surface area contributed by atoms with Crippen LogP contribution in [0.15, 0.2) is 0 Å². The maximum atomic E-state index is 11.4.